The van der Waals surface area contributed by atoms with E-state index in [0.29, 0.717) is 29.2 Å². The van der Waals surface area contributed by atoms with Crippen molar-refractivity contribution in [2.45, 2.75) is 38.6 Å². The second kappa shape index (κ2) is 6.10. The molecular formula is C13H18ClNO5S. The van der Waals surface area contributed by atoms with Crippen molar-refractivity contribution in [2.24, 2.45) is 0 Å². The summed E-state index contributed by atoms with van der Waals surface area (Å²) in [6.07, 6.45) is 0.571. The summed E-state index contributed by atoms with van der Waals surface area (Å²) in [6.45, 7) is 3.73. The van der Waals surface area contributed by atoms with Gasteiger partial charge in [-0.15, -0.1) is 0 Å². The highest BCUT2D eigenvalue weighted by molar-refractivity contribution is 7.83. The highest BCUT2D eigenvalue weighted by Crippen LogP contribution is 2.44. The molecule has 0 aliphatic carbocycles. The molecule has 8 heteroatoms. The van der Waals surface area contributed by atoms with E-state index in [9.17, 15) is 8.42 Å². The Morgan fingerprint density at radius 1 is 1.38 bits per heavy atom. The summed E-state index contributed by atoms with van der Waals surface area (Å²) < 4.78 is 44.5. The summed E-state index contributed by atoms with van der Waals surface area (Å²) in [6, 6.07) is 5.20. The van der Waals surface area contributed by atoms with Crippen LogP contribution in [0.2, 0.25) is 5.02 Å². The fourth-order valence-corrected chi connectivity index (χ4v) is 2.90. The first-order valence-corrected chi connectivity index (χ1v) is 8.49. The monoisotopic (exact) mass is 335 g/mol. The van der Waals surface area contributed by atoms with Crippen molar-refractivity contribution >= 4 is 21.9 Å². The van der Waals surface area contributed by atoms with Crippen LogP contribution in [0, 0.1) is 0 Å². The molecule has 1 aromatic rings. The van der Waals surface area contributed by atoms with Crippen LogP contribution < -0.4 is 9.46 Å². The fourth-order valence-electron chi connectivity index (χ4n) is 2.31. The minimum Gasteiger partial charge on any atom is -0.460 e. The normalized spacial score (nSPS) is 20.7. The summed E-state index contributed by atoms with van der Waals surface area (Å²) in [5, 5.41) is 0.443. The van der Waals surface area contributed by atoms with Crippen molar-refractivity contribution in [3.8, 4) is 5.75 Å². The highest BCUT2D eigenvalue weighted by atomic mass is 35.5. The van der Waals surface area contributed by atoms with Gasteiger partial charge in [-0.3, -0.25) is 4.55 Å². The Kier molecular flexibility index (Phi) is 4.79. The molecule has 0 spiro atoms. The van der Waals surface area contributed by atoms with E-state index in [0.717, 1.165) is 0 Å². The van der Waals surface area contributed by atoms with E-state index >= 15 is 0 Å². The van der Waals surface area contributed by atoms with Crippen LogP contribution in [0.3, 0.4) is 0 Å². The SMILES string of the molecule is CCC1(CC)Oc2c(Cl)cccc2[C@H](CNS(=O)(=O)O)O1. The molecule has 1 aliphatic rings. The molecule has 0 bridgehead atoms. The Bertz CT molecular complexity index is 615. The summed E-state index contributed by atoms with van der Waals surface area (Å²) in [5.41, 5.74) is 0.649. The van der Waals surface area contributed by atoms with Crippen molar-refractivity contribution in [1.29, 1.82) is 0 Å². The molecule has 1 aromatic carbocycles. The average Bonchev–Trinajstić information content (AvgIpc) is 2.44. The zero-order valence-electron chi connectivity index (χ0n) is 11.8. The molecule has 6 nitrogen and oxygen atoms in total. The zero-order chi connectivity index (χ0) is 15.7. The minimum absolute atomic E-state index is 0.0999. The Hall–Kier alpha value is -0.860. The van der Waals surface area contributed by atoms with Crippen LogP contribution in [0.4, 0.5) is 0 Å². The topological polar surface area (TPSA) is 84.9 Å². The van der Waals surface area contributed by atoms with Crippen LogP contribution in [0.1, 0.15) is 38.4 Å². The summed E-state index contributed by atoms with van der Waals surface area (Å²) in [4.78, 5) is 0. The van der Waals surface area contributed by atoms with Crippen molar-refractivity contribution in [3.05, 3.63) is 28.8 Å². The molecular weight excluding hydrogens is 318 g/mol. The molecule has 1 heterocycles. The lowest BCUT2D eigenvalue weighted by atomic mass is 10.0. The number of benzene rings is 1. The van der Waals surface area contributed by atoms with Gasteiger partial charge in [-0.05, 0) is 6.07 Å². The van der Waals surface area contributed by atoms with Gasteiger partial charge < -0.3 is 9.47 Å². The largest absolute Gasteiger partial charge is 0.460 e. The van der Waals surface area contributed by atoms with E-state index < -0.39 is 22.2 Å². The molecule has 118 valence electrons. The maximum Gasteiger partial charge on any atom is 0.333 e. The molecule has 1 aliphatic heterocycles. The van der Waals surface area contributed by atoms with Crippen LogP contribution in [-0.4, -0.2) is 25.3 Å². The van der Waals surface area contributed by atoms with Crippen molar-refractivity contribution in [2.75, 3.05) is 6.54 Å². The first kappa shape index (κ1) is 16.5. The molecule has 0 saturated heterocycles. The van der Waals surface area contributed by atoms with E-state index in [-0.39, 0.29) is 6.54 Å². The number of hydrogen-bond donors (Lipinski definition) is 2. The van der Waals surface area contributed by atoms with Gasteiger partial charge in [-0.2, -0.15) is 13.1 Å². The van der Waals surface area contributed by atoms with E-state index in [1.54, 1.807) is 18.2 Å². The lowest BCUT2D eigenvalue weighted by Crippen LogP contribution is -2.45. The third-order valence-electron chi connectivity index (χ3n) is 3.52. The number of para-hydroxylation sites is 1. The van der Waals surface area contributed by atoms with Gasteiger partial charge in [0.2, 0.25) is 5.79 Å². The molecule has 21 heavy (non-hydrogen) atoms. The molecule has 2 rings (SSSR count). The van der Waals surface area contributed by atoms with E-state index in [4.69, 9.17) is 25.6 Å². The van der Waals surface area contributed by atoms with E-state index in [2.05, 4.69) is 0 Å². The standard InChI is InChI=1S/C13H18ClNO5S/c1-3-13(4-2)19-11(8-15-21(16,17)18)9-6-5-7-10(14)12(9)20-13/h5-7,11,15H,3-4,8H2,1-2H3,(H,16,17,18)/t11-/m0/s1. The summed E-state index contributed by atoms with van der Waals surface area (Å²) in [7, 11) is -4.29. The van der Waals surface area contributed by atoms with Crippen molar-refractivity contribution in [1.82, 2.24) is 4.72 Å². The van der Waals surface area contributed by atoms with E-state index in [1.807, 2.05) is 18.6 Å². The van der Waals surface area contributed by atoms with Crippen LogP contribution >= 0.6 is 11.6 Å². The predicted molar refractivity (Wildman–Crippen MR) is 78.8 cm³/mol. The fraction of sp³-hybridized carbons (Fsp3) is 0.538. The maximum atomic E-state index is 10.9. The van der Waals surface area contributed by atoms with Gasteiger partial charge in [-0.1, -0.05) is 37.6 Å². The third-order valence-corrected chi connectivity index (χ3v) is 4.35. The van der Waals surface area contributed by atoms with Gasteiger partial charge >= 0.3 is 10.3 Å². The molecule has 0 radical (unpaired) electrons. The van der Waals surface area contributed by atoms with Gasteiger partial charge in [0.05, 0.1) is 5.02 Å². The molecule has 1 atom stereocenters. The Balaban J connectivity index is 2.38. The molecule has 2 N–H and O–H groups in total. The van der Waals surface area contributed by atoms with Gasteiger partial charge in [0.1, 0.15) is 11.9 Å². The summed E-state index contributed by atoms with van der Waals surface area (Å²) >= 11 is 6.17. The smallest absolute Gasteiger partial charge is 0.333 e. The first-order chi connectivity index (χ1) is 9.80. The molecule has 0 aromatic heterocycles. The first-order valence-electron chi connectivity index (χ1n) is 6.67. The Morgan fingerprint density at radius 2 is 2.05 bits per heavy atom. The van der Waals surface area contributed by atoms with Crippen molar-refractivity contribution in [3.63, 3.8) is 0 Å². The second-order valence-electron chi connectivity index (χ2n) is 4.81. The number of hydrogen-bond acceptors (Lipinski definition) is 4. The van der Waals surface area contributed by atoms with Crippen molar-refractivity contribution < 1.29 is 22.4 Å². The second-order valence-corrected chi connectivity index (χ2v) is 6.45. The van der Waals surface area contributed by atoms with Gasteiger partial charge in [-0.25, -0.2) is 0 Å². The van der Waals surface area contributed by atoms with Crippen LogP contribution in [0.25, 0.3) is 0 Å². The molecule has 0 amide bonds. The zero-order valence-corrected chi connectivity index (χ0v) is 13.4. The number of rotatable bonds is 5. The third kappa shape index (κ3) is 3.67. The molecule has 0 unspecified atom stereocenters. The Labute approximate surface area is 129 Å². The number of fused-ring (bicyclic) bond motifs is 1. The maximum absolute atomic E-state index is 10.9. The predicted octanol–water partition coefficient (Wildman–Crippen LogP) is 2.70. The molecule has 0 saturated carbocycles. The average molecular weight is 336 g/mol. The van der Waals surface area contributed by atoms with Gasteiger partial charge in [0, 0.05) is 24.9 Å². The number of halogens is 1. The van der Waals surface area contributed by atoms with E-state index in [1.165, 1.54) is 0 Å². The van der Waals surface area contributed by atoms with Crippen LogP contribution in [-0.2, 0) is 15.0 Å². The Morgan fingerprint density at radius 3 is 2.62 bits per heavy atom. The highest BCUT2D eigenvalue weighted by Gasteiger charge is 2.40. The molecule has 0 fully saturated rings. The minimum atomic E-state index is -4.29. The lowest BCUT2D eigenvalue weighted by molar-refractivity contribution is -0.231. The quantitative estimate of drug-likeness (QED) is 0.808. The van der Waals surface area contributed by atoms with Crippen LogP contribution in [0.15, 0.2) is 18.2 Å². The summed E-state index contributed by atoms with van der Waals surface area (Å²) in [5.74, 6) is -0.361. The van der Waals surface area contributed by atoms with Crippen LogP contribution in [0.5, 0.6) is 5.75 Å². The lowest BCUT2D eigenvalue weighted by Gasteiger charge is -2.41. The number of nitrogens with one attached hydrogen (secondary N) is 1. The van der Waals surface area contributed by atoms with Gasteiger partial charge in [0.15, 0.2) is 0 Å². The van der Waals surface area contributed by atoms with Gasteiger partial charge in [0.25, 0.3) is 0 Å². The number of ether oxygens (including phenoxy) is 2.